The summed E-state index contributed by atoms with van der Waals surface area (Å²) in [5.74, 6) is -0.185. The molecule has 0 aliphatic heterocycles. The lowest BCUT2D eigenvalue weighted by Gasteiger charge is -2.16. The topological polar surface area (TPSA) is 93.9 Å². The number of thiol groups is 1. The summed E-state index contributed by atoms with van der Waals surface area (Å²) in [4.78, 5) is 25.8. The molecule has 1 amide bonds. The van der Waals surface area contributed by atoms with Crippen molar-refractivity contribution in [3.05, 3.63) is 34.1 Å². The third kappa shape index (κ3) is 3.93. The summed E-state index contributed by atoms with van der Waals surface area (Å²) in [6, 6.07) is 4.68. The van der Waals surface area contributed by atoms with Gasteiger partial charge in [0.1, 0.15) is 5.75 Å². The van der Waals surface area contributed by atoms with Crippen LogP contribution in [0.4, 0.5) is 0 Å². The Morgan fingerprint density at radius 2 is 2.08 bits per heavy atom. The SMILES string of the molecule is CCc1cc(O)ccc1-c1c(OS)c(OCC(=O)N(C)C)nn(C)c1=O. The number of phenolic OH excluding ortho intramolecular Hbond substituents is 1. The summed E-state index contributed by atoms with van der Waals surface area (Å²) in [6.07, 6.45) is 0.580. The van der Waals surface area contributed by atoms with E-state index in [2.05, 4.69) is 18.0 Å². The highest BCUT2D eigenvalue weighted by molar-refractivity contribution is 7.75. The number of hydrogen-bond acceptors (Lipinski definition) is 7. The number of carbonyl (C=O) groups excluding carboxylic acids is 1. The van der Waals surface area contributed by atoms with Crippen LogP contribution >= 0.6 is 12.9 Å². The molecule has 1 aromatic heterocycles. The molecule has 0 radical (unpaired) electrons. The van der Waals surface area contributed by atoms with Gasteiger partial charge in [0.05, 0.1) is 5.56 Å². The minimum atomic E-state index is -0.416. The standard InChI is InChI=1S/C17H21N3O5S/c1-5-10-8-11(21)6-7-12(10)14-15(25-26)16(18-20(4)17(14)23)24-9-13(22)19(2)3/h6-8,21,26H,5,9H2,1-4H3. The number of likely N-dealkylation sites (N-methyl/N-ethyl adjacent to an activating group) is 1. The van der Waals surface area contributed by atoms with Gasteiger partial charge in [0.15, 0.2) is 6.61 Å². The van der Waals surface area contributed by atoms with Crippen LogP contribution in [-0.2, 0) is 18.3 Å². The molecule has 26 heavy (non-hydrogen) atoms. The molecule has 0 bridgehead atoms. The summed E-state index contributed by atoms with van der Waals surface area (Å²) in [5.41, 5.74) is 1.10. The Morgan fingerprint density at radius 3 is 2.65 bits per heavy atom. The fraction of sp³-hybridized carbons (Fsp3) is 0.353. The molecule has 1 heterocycles. The van der Waals surface area contributed by atoms with E-state index in [1.807, 2.05) is 6.92 Å². The molecule has 0 saturated carbocycles. The van der Waals surface area contributed by atoms with Crippen molar-refractivity contribution in [2.75, 3.05) is 20.7 Å². The number of aromatic nitrogens is 2. The van der Waals surface area contributed by atoms with Gasteiger partial charge in [0, 0.05) is 34.1 Å². The number of phenols is 1. The first-order chi connectivity index (χ1) is 12.3. The molecule has 0 aliphatic carbocycles. The summed E-state index contributed by atoms with van der Waals surface area (Å²) >= 11 is 3.84. The number of amides is 1. The first-order valence-electron chi connectivity index (χ1n) is 7.88. The monoisotopic (exact) mass is 379 g/mol. The molecule has 1 N–H and O–H groups in total. The number of aryl methyl sites for hydroxylation is 2. The maximum absolute atomic E-state index is 12.7. The van der Waals surface area contributed by atoms with Gasteiger partial charge < -0.3 is 18.9 Å². The van der Waals surface area contributed by atoms with Crippen LogP contribution in [0.3, 0.4) is 0 Å². The van der Waals surface area contributed by atoms with E-state index in [4.69, 9.17) is 8.92 Å². The van der Waals surface area contributed by atoms with Crippen LogP contribution in [0, 0.1) is 0 Å². The zero-order chi connectivity index (χ0) is 19.4. The Bertz CT molecular complexity index is 879. The molecule has 2 rings (SSSR count). The number of hydrogen-bond donors (Lipinski definition) is 2. The first-order valence-corrected chi connectivity index (χ1v) is 8.24. The van der Waals surface area contributed by atoms with Crippen molar-refractivity contribution in [3.63, 3.8) is 0 Å². The largest absolute Gasteiger partial charge is 0.508 e. The van der Waals surface area contributed by atoms with Crippen molar-refractivity contribution < 1.29 is 18.8 Å². The molecule has 0 atom stereocenters. The summed E-state index contributed by atoms with van der Waals surface area (Å²) in [5, 5.41) is 13.7. The van der Waals surface area contributed by atoms with E-state index in [-0.39, 0.29) is 35.5 Å². The van der Waals surface area contributed by atoms with Crippen LogP contribution in [0.1, 0.15) is 12.5 Å². The van der Waals surface area contributed by atoms with Crippen molar-refractivity contribution in [1.82, 2.24) is 14.7 Å². The zero-order valence-electron chi connectivity index (χ0n) is 15.0. The van der Waals surface area contributed by atoms with Gasteiger partial charge in [-0.15, -0.1) is 5.10 Å². The second kappa shape index (κ2) is 8.13. The molecule has 0 saturated heterocycles. The summed E-state index contributed by atoms with van der Waals surface area (Å²) in [6.45, 7) is 1.64. The van der Waals surface area contributed by atoms with Crippen molar-refractivity contribution in [2.45, 2.75) is 13.3 Å². The average Bonchev–Trinajstić information content (AvgIpc) is 2.61. The van der Waals surface area contributed by atoms with E-state index in [0.717, 1.165) is 10.2 Å². The molecule has 0 fully saturated rings. The lowest BCUT2D eigenvalue weighted by Crippen LogP contribution is -2.29. The third-order valence-electron chi connectivity index (χ3n) is 3.83. The maximum atomic E-state index is 12.7. The molecule has 0 unspecified atom stereocenters. The van der Waals surface area contributed by atoms with Crippen LogP contribution in [0.25, 0.3) is 11.1 Å². The van der Waals surface area contributed by atoms with Gasteiger partial charge in [-0.05, 0) is 29.7 Å². The smallest absolute Gasteiger partial charge is 0.278 e. The van der Waals surface area contributed by atoms with E-state index >= 15 is 0 Å². The Labute approximate surface area is 156 Å². The van der Waals surface area contributed by atoms with E-state index in [0.29, 0.717) is 12.0 Å². The Balaban J connectivity index is 2.63. The molecular formula is C17H21N3O5S. The van der Waals surface area contributed by atoms with Gasteiger partial charge in [-0.3, -0.25) is 9.59 Å². The van der Waals surface area contributed by atoms with Crippen LogP contribution in [0.2, 0.25) is 0 Å². The lowest BCUT2D eigenvalue weighted by molar-refractivity contribution is -0.130. The van der Waals surface area contributed by atoms with Gasteiger partial charge in [-0.2, -0.15) is 0 Å². The van der Waals surface area contributed by atoms with E-state index in [9.17, 15) is 14.7 Å². The van der Waals surface area contributed by atoms with Gasteiger partial charge in [-0.1, -0.05) is 13.0 Å². The molecule has 0 aliphatic rings. The summed E-state index contributed by atoms with van der Waals surface area (Å²) in [7, 11) is 4.68. The van der Waals surface area contributed by atoms with E-state index in [1.54, 1.807) is 26.2 Å². The average molecular weight is 379 g/mol. The second-order valence-electron chi connectivity index (χ2n) is 5.80. The molecule has 9 heteroatoms. The lowest BCUT2D eigenvalue weighted by atomic mass is 9.98. The third-order valence-corrected chi connectivity index (χ3v) is 4.01. The number of benzene rings is 1. The van der Waals surface area contributed by atoms with E-state index in [1.165, 1.54) is 18.0 Å². The highest BCUT2D eigenvalue weighted by Crippen LogP contribution is 2.37. The van der Waals surface area contributed by atoms with Crippen molar-refractivity contribution >= 4 is 18.8 Å². The first kappa shape index (κ1) is 19.6. The molecule has 140 valence electrons. The molecular weight excluding hydrogens is 358 g/mol. The molecule has 0 spiro atoms. The molecule has 1 aromatic carbocycles. The number of aromatic hydroxyl groups is 1. The van der Waals surface area contributed by atoms with Crippen molar-refractivity contribution in [3.8, 4) is 28.5 Å². The molecule has 2 aromatic rings. The van der Waals surface area contributed by atoms with Gasteiger partial charge >= 0.3 is 0 Å². The second-order valence-corrected chi connectivity index (χ2v) is 5.98. The Hall–Kier alpha value is -2.68. The molecule has 8 nitrogen and oxygen atoms in total. The van der Waals surface area contributed by atoms with Crippen molar-refractivity contribution in [2.24, 2.45) is 7.05 Å². The fourth-order valence-electron chi connectivity index (χ4n) is 2.39. The van der Waals surface area contributed by atoms with Gasteiger partial charge in [0.25, 0.3) is 17.3 Å². The number of rotatable bonds is 6. The van der Waals surface area contributed by atoms with Crippen LogP contribution < -0.4 is 14.5 Å². The Kier molecular flexibility index (Phi) is 6.14. The Morgan fingerprint density at radius 1 is 1.38 bits per heavy atom. The fourth-order valence-corrected chi connectivity index (χ4v) is 2.55. The normalized spacial score (nSPS) is 10.5. The highest BCUT2D eigenvalue weighted by Gasteiger charge is 2.23. The minimum absolute atomic E-state index is 0.0170. The van der Waals surface area contributed by atoms with Crippen molar-refractivity contribution in [1.29, 1.82) is 0 Å². The highest BCUT2D eigenvalue weighted by atomic mass is 32.1. The van der Waals surface area contributed by atoms with Gasteiger partial charge in [0.2, 0.25) is 5.75 Å². The summed E-state index contributed by atoms with van der Waals surface area (Å²) < 4.78 is 11.7. The van der Waals surface area contributed by atoms with Crippen LogP contribution in [0.15, 0.2) is 23.0 Å². The number of nitrogens with zero attached hydrogens (tertiary/aromatic N) is 3. The van der Waals surface area contributed by atoms with Crippen LogP contribution in [0.5, 0.6) is 17.4 Å². The zero-order valence-corrected chi connectivity index (χ0v) is 15.9. The van der Waals surface area contributed by atoms with Gasteiger partial charge in [-0.25, -0.2) is 4.68 Å². The predicted molar refractivity (Wildman–Crippen MR) is 99.8 cm³/mol. The minimum Gasteiger partial charge on any atom is -0.508 e. The van der Waals surface area contributed by atoms with Crippen LogP contribution in [-0.4, -0.2) is 46.4 Å². The van der Waals surface area contributed by atoms with E-state index < -0.39 is 5.56 Å². The quantitative estimate of drug-likeness (QED) is 0.582. The maximum Gasteiger partial charge on any atom is 0.278 e. The predicted octanol–water partition coefficient (Wildman–Crippen LogP) is 1.41. The number of ether oxygens (including phenoxy) is 1. The number of carbonyl (C=O) groups is 1.